The fourth-order valence-electron chi connectivity index (χ4n) is 3.78. The molecule has 0 aromatic rings. The van der Waals surface area contributed by atoms with Crippen LogP contribution < -0.4 is 0 Å². The first-order chi connectivity index (χ1) is 7.88. The van der Waals surface area contributed by atoms with Gasteiger partial charge in [-0.15, -0.1) is 0 Å². The third-order valence-electron chi connectivity index (χ3n) is 5.11. The average Bonchev–Trinajstić information content (AvgIpc) is 2.26. The Morgan fingerprint density at radius 3 is 2.59 bits per heavy atom. The zero-order chi connectivity index (χ0) is 12.8. The molecule has 2 heteroatoms. The second kappa shape index (κ2) is 4.24. The summed E-state index contributed by atoms with van der Waals surface area (Å²) in [6.07, 6.45) is 3.61. The van der Waals surface area contributed by atoms with Crippen LogP contribution in [0.3, 0.4) is 0 Å². The third kappa shape index (κ3) is 1.87. The lowest BCUT2D eigenvalue weighted by Gasteiger charge is -2.52. The van der Waals surface area contributed by atoms with E-state index >= 15 is 0 Å². The molecule has 0 amide bonds. The first-order valence-electron chi connectivity index (χ1n) is 6.79. The van der Waals surface area contributed by atoms with E-state index in [1.807, 2.05) is 13.8 Å². The number of rotatable bonds is 1. The molecule has 2 aliphatic rings. The minimum Gasteiger partial charge on any atom is -0.389 e. The van der Waals surface area contributed by atoms with Crippen molar-refractivity contribution in [3.63, 3.8) is 0 Å². The van der Waals surface area contributed by atoms with Gasteiger partial charge in [0, 0.05) is 5.92 Å². The number of carbonyl (C=O) groups excluding carboxylic acids is 1. The summed E-state index contributed by atoms with van der Waals surface area (Å²) in [4.78, 5) is 12.4. The van der Waals surface area contributed by atoms with Crippen LogP contribution in [0.4, 0.5) is 0 Å². The molecule has 0 bridgehead atoms. The molecule has 2 fully saturated rings. The second-order valence-corrected chi connectivity index (χ2v) is 6.24. The van der Waals surface area contributed by atoms with Crippen molar-refractivity contribution in [1.29, 1.82) is 0 Å². The molecule has 0 radical (unpaired) electrons. The van der Waals surface area contributed by atoms with Gasteiger partial charge >= 0.3 is 0 Å². The third-order valence-corrected chi connectivity index (χ3v) is 5.11. The summed E-state index contributed by atoms with van der Waals surface area (Å²) in [5, 5.41) is 10.9. The number of fused-ring (bicyclic) bond motifs is 1. The van der Waals surface area contributed by atoms with E-state index in [1.54, 1.807) is 0 Å². The maximum Gasteiger partial charge on any atom is 0.142 e. The van der Waals surface area contributed by atoms with Crippen molar-refractivity contribution in [1.82, 2.24) is 0 Å². The van der Waals surface area contributed by atoms with E-state index < -0.39 is 5.60 Å². The van der Waals surface area contributed by atoms with Crippen molar-refractivity contribution in [2.45, 2.75) is 52.1 Å². The minimum atomic E-state index is -0.772. The molecule has 2 rings (SSSR count). The summed E-state index contributed by atoms with van der Waals surface area (Å²) < 4.78 is 0. The van der Waals surface area contributed by atoms with E-state index in [2.05, 4.69) is 13.5 Å². The Labute approximate surface area is 104 Å². The highest BCUT2D eigenvalue weighted by atomic mass is 16.3. The molecule has 2 nitrogen and oxygen atoms in total. The molecular formula is C15H24O2. The Kier molecular flexibility index (Phi) is 3.19. The monoisotopic (exact) mass is 236 g/mol. The normalized spacial score (nSPS) is 46.5. The van der Waals surface area contributed by atoms with E-state index in [0.29, 0.717) is 0 Å². The van der Waals surface area contributed by atoms with Gasteiger partial charge in [-0.05, 0) is 44.4 Å². The molecular weight excluding hydrogens is 212 g/mol. The molecule has 0 aromatic carbocycles. The molecule has 0 heterocycles. The Hall–Kier alpha value is -0.630. The summed E-state index contributed by atoms with van der Waals surface area (Å²) in [7, 11) is 0. The van der Waals surface area contributed by atoms with Crippen LogP contribution in [0.1, 0.15) is 46.5 Å². The molecule has 17 heavy (non-hydrogen) atoms. The summed E-state index contributed by atoms with van der Waals surface area (Å²) >= 11 is 0. The maximum atomic E-state index is 12.4. The number of aliphatic hydroxyl groups is 1. The molecule has 0 spiro atoms. The standard InChI is InChI=1S/C15H24O2/c1-9(2)12-6-5-11(4)15(17)8-7-10(3)14(16)13(12)15/h10-13,17H,1,5-8H2,2-4H3/t10-,11-,12+,13+,15+/m1/s1. The number of hydrogen-bond donors (Lipinski definition) is 1. The Balaban J connectivity index is 2.38. The van der Waals surface area contributed by atoms with Crippen LogP contribution in [0, 0.1) is 23.7 Å². The number of carbonyl (C=O) groups is 1. The van der Waals surface area contributed by atoms with Gasteiger partial charge < -0.3 is 5.11 Å². The smallest absolute Gasteiger partial charge is 0.142 e. The van der Waals surface area contributed by atoms with Gasteiger partial charge in [0.1, 0.15) is 5.78 Å². The quantitative estimate of drug-likeness (QED) is 0.711. The highest BCUT2D eigenvalue weighted by molar-refractivity contribution is 5.86. The minimum absolute atomic E-state index is 0.104. The van der Waals surface area contributed by atoms with E-state index in [0.717, 1.165) is 31.3 Å². The number of allylic oxidation sites excluding steroid dienone is 1. The Morgan fingerprint density at radius 2 is 2.00 bits per heavy atom. The first-order valence-corrected chi connectivity index (χ1v) is 6.79. The molecule has 0 aromatic heterocycles. The first kappa shape index (κ1) is 12.8. The van der Waals surface area contributed by atoms with Crippen LogP contribution in [0.25, 0.3) is 0 Å². The highest BCUT2D eigenvalue weighted by Crippen LogP contribution is 2.50. The molecule has 2 saturated carbocycles. The van der Waals surface area contributed by atoms with E-state index in [4.69, 9.17) is 0 Å². The summed E-state index contributed by atoms with van der Waals surface area (Å²) in [6, 6.07) is 0. The van der Waals surface area contributed by atoms with Crippen molar-refractivity contribution in [3.8, 4) is 0 Å². The number of ketones is 1. The highest BCUT2D eigenvalue weighted by Gasteiger charge is 2.55. The van der Waals surface area contributed by atoms with Crippen LogP contribution in [0.2, 0.25) is 0 Å². The van der Waals surface area contributed by atoms with Crippen LogP contribution in [-0.2, 0) is 4.79 Å². The molecule has 0 saturated heterocycles. The van der Waals surface area contributed by atoms with Crippen LogP contribution in [0.5, 0.6) is 0 Å². The van der Waals surface area contributed by atoms with Crippen molar-refractivity contribution in [2.24, 2.45) is 23.7 Å². The Bertz CT molecular complexity index is 347. The molecule has 0 unspecified atom stereocenters. The van der Waals surface area contributed by atoms with Gasteiger partial charge in [-0.3, -0.25) is 4.79 Å². The van der Waals surface area contributed by atoms with Crippen molar-refractivity contribution >= 4 is 5.78 Å². The van der Waals surface area contributed by atoms with Crippen LogP contribution in [0.15, 0.2) is 12.2 Å². The average molecular weight is 236 g/mol. The maximum absolute atomic E-state index is 12.4. The van der Waals surface area contributed by atoms with Crippen molar-refractivity contribution in [2.75, 3.05) is 0 Å². The van der Waals surface area contributed by atoms with Crippen molar-refractivity contribution in [3.05, 3.63) is 12.2 Å². The SMILES string of the molecule is C=C(C)[C@@H]1CC[C@@H](C)[C@@]2(O)CC[C@@H](C)C(=O)[C@H]12. The van der Waals surface area contributed by atoms with Gasteiger partial charge in [-0.2, -0.15) is 0 Å². The lowest BCUT2D eigenvalue weighted by molar-refractivity contribution is -0.164. The Morgan fingerprint density at radius 1 is 1.35 bits per heavy atom. The lowest BCUT2D eigenvalue weighted by Crippen LogP contribution is -2.58. The van der Waals surface area contributed by atoms with E-state index in [-0.39, 0.29) is 29.5 Å². The fourth-order valence-corrected chi connectivity index (χ4v) is 3.78. The van der Waals surface area contributed by atoms with Crippen LogP contribution >= 0.6 is 0 Å². The largest absolute Gasteiger partial charge is 0.389 e. The molecule has 5 atom stereocenters. The van der Waals surface area contributed by atoms with E-state index in [9.17, 15) is 9.90 Å². The van der Waals surface area contributed by atoms with Gasteiger partial charge in [-0.1, -0.05) is 26.0 Å². The topological polar surface area (TPSA) is 37.3 Å². The second-order valence-electron chi connectivity index (χ2n) is 6.24. The van der Waals surface area contributed by atoms with Gasteiger partial charge in [0.25, 0.3) is 0 Å². The fraction of sp³-hybridized carbons (Fsp3) is 0.800. The predicted molar refractivity (Wildman–Crippen MR) is 68.5 cm³/mol. The molecule has 0 aliphatic heterocycles. The predicted octanol–water partition coefficient (Wildman–Crippen LogP) is 2.95. The zero-order valence-electron chi connectivity index (χ0n) is 11.2. The van der Waals surface area contributed by atoms with Gasteiger partial charge in [0.15, 0.2) is 0 Å². The van der Waals surface area contributed by atoms with Gasteiger partial charge in [0.05, 0.1) is 11.5 Å². The van der Waals surface area contributed by atoms with Gasteiger partial charge in [-0.25, -0.2) is 0 Å². The molecule has 2 aliphatic carbocycles. The summed E-state index contributed by atoms with van der Waals surface area (Å²) in [6.45, 7) is 10.1. The van der Waals surface area contributed by atoms with Gasteiger partial charge in [0.2, 0.25) is 0 Å². The lowest BCUT2D eigenvalue weighted by atomic mass is 9.55. The van der Waals surface area contributed by atoms with Crippen LogP contribution in [-0.4, -0.2) is 16.5 Å². The number of Topliss-reactive ketones (excluding diaryl/α,β-unsaturated/α-hetero) is 1. The molecule has 1 N–H and O–H groups in total. The number of hydrogen-bond acceptors (Lipinski definition) is 2. The van der Waals surface area contributed by atoms with E-state index in [1.165, 1.54) is 0 Å². The summed E-state index contributed by atoms with van der Waals surface area (Å²) in [5.74, 6) is 0.587. The molecule has 96 valence electrons. The summed E-state index contributed by atoms with van der Waals surface area (Å²) in [5.41, 5.74) is 0.286. The van der Waals surface area contributed by atoms with Crippen molar-refractivity contribution < 1.29 is 9.90 Å². The zero-order valence-corrected chi connectivity index (χ0v) is 11.2.